The molecule has 0 aliphatic rings. The van der Waals surface area contributed by atoms with Gasteiger partial charge in [-0.3, -0.25) is 19.2 Å². The molecule has 0 fully saturated rings. The van der Waals surface area contributed by atoms with E-state index in [2.05, 4.69) is 31.9 Å². The van der Waals surface area contributed by atoms with Crippen molar-refractivity contribution in [3.63, 3.8) is 0 Å². The molecule has 0 atom stereocenters. The number of aryl methyl sites for hydroxylation is 1. The van der Waals surface area contributed by atoms with Crippen molar-refractivity contribution < 1.29 is 37.1 Å². The molecule has 0 N–H and O–H groups in total. The summed E-state index contributed by atoms with van der Waals surface area (Å²) in [6.45, 7) is 7.03. The Morgan fingerprint density at radius 1 is 0.709 bits per heavy atom. The van der Waals surface area contributed by atoms with E-state index in [1.54, 1.807) is 65.2 Å². The summed E-state index contributed by atoms with van der Waals surface area (Å²) in [7, 11) is 1.93. The van der Waals surface area contributed by atoms with Crippen molar-refractivity contribution in [3.05, 3.63) is 98.8 Å². The molecule has 0 spiro atoms. The number of ether oxygens (including phenoxy) is 1. The normalized spacial score (nSPS) is 11.6. The third-order valence-corrected chi connectivity index (χ3v) is 11.2. The Labute approximate surface area is 345 Å². The Morgan fingerprint density at radius 2 is 1.15 bits per heavy atom. The zero-order chi connectivity index (χ0) is 41.3. The van der Waals surface area contributed by atoms with Crippen LogP contribution in [0.25, 0.3) is 21.8 Å². The number of fused-ring (bicyclic) bond motifs is 2. The van der Waals surface area contributed by atoms with Crippen LogP contribution in [0.1, 0.15) is 68.0 Å². The fourth-order valence-corrected chi connectivity index (χ4v) is 8.00. The Morgan fingerprint density at radius 3 is 1.60 bits per heavy atom. The molecule has 55 heavy (non-hydrogen) atoms. The van der Waals surface area contributed by atoms with Gasteiger partial charge in [-0.25, -0.2) is 21.8 Å². The van der Waals surface area contributed by atoms with E-state index in [4.69, 9.17) is 27.9 Å². The van der Waals surface area contributed by atoms with Gasteiger partial charge in [-0.2, -0.15) is 0 Å². The van der Waals surface area contributed by atoms with Crippen LogP contribution in [0, 0.1) is 6.92 Å². The van der Waals surface area contributed by atoms with E-state index in [0.29, 0.717) is 26.3 Å². The summed E-state index contributed by atoms with van der Waals surface area (Å²) >= 11 is 18.5. The van der Waals surface area contributed by atoms with Crippen LogP contribution in [0.4, 0.5) is 4.79 Å². The molecule has 2 aromatic heterocycles. The lowest BCUT2D eigenvalue weighted by Crippen LogP contribution is -2.32. The van der Waals surface area contributed by atoms with Crippen molar-refractivity contribution in [1.29, 1.82) is 0 Å². The molecular weight excluding hydrogens is 903 g/mol. The van der Waals surface area contributed by atoms with E-state index in [0.717, 1.165) is 14.1 Å². The van der Waals surface area contributed by atoms with Gasteiger partial charge in [0.15, 0.2) is 11.6 Å². The van der Waals surface area contributed by atoms with E-state index in [9.17, 15) is 32.4 Å². The number of carbonyl (C=O) groups is 5. The van der Waals surface area contributed by atoms with Crippen LogP contribution in [-0.4, -0.2) is 101 Å². The Bertz CT molecular complexity index is 2470. The number of hydrogen-bond acceptors (Lipinski definition) is 8. The van der Waals surface area contributed by atoms with Crippen LogP contribution in [-0.2, 0) is 14.8 Å². The van der Waals surface area contributed by atoms with E-state index in [1.165, 1.54) is 54.2 Å². The van der Waals surface area contributed by atoms with Crippen molar-refractivity contribution in [2.24, 2.45) is 0 Å². The fourth-order valence-electron chi connectivity index (χ4n) is 5.58. The minimum absolute atomic E-state index is 0.000649. The molecule has 2 heterocycles. The molecule has 0 saturated carbocycles. The first-order valence-corrected chi connectivity index (χ1v) is 20.9. The van der Waals surface area contributed by atoms with Gasteiger partial charge >= 0.3 is 6.09 Å². The van der Waals surface area contributed by atoms with E-state index in [1.807, 2.05) is 6.92 Å². The van der Waals surface area contributed by atoms with Gasteiger partial charge in [0, 0.05) is 49.0 Å². The molecule has 0 radical (unpaired) electrons. The first-order valence-electron chi connectivity index (χ1n) is 16.4. The van der Waals surface area contributed by atoms with Crippen LogP contribution in [0.3, 0.4) is 0 Å². The van der Waals surface area contributed by atoms with Crippen molar-refractivity contribution in [2.75, 3.05) is 38.9 Å². The van der Waals surface area contributed by atoms with Crippen molar-refractivity contribution in [2.45, 2.75) is 38.2 Å². The average molecular weight is 942 g/mol. The molecule has 0 unspecified atom stereocenters. The summed E-state index contributed by atoms with van der Waals surface area (Å²) in [6.07, 6.45) is -0.733. The highest BCUT2D eigenvalue weighted by atomic mass is 79.9. The van der Waals surface area contributed by atoms with Crippen LogP contribution in [0.15, 0.2) is 65.6 Å². The predicted molar refractivity (Wildman–Crippen MR) is 222 cm³/mol. The highest BCUT2D eigenvalue weighted by molar-refractivity contribution is 9.09. The molecule has 5 rings (SSSR count). The monoisotopic (exact) mass is 938 g/mol. The molecule has 17 heteroatoms. The SMILES string of the molecule is CN(C)C(=O)c1c(C(=O)CBr)c2cc(Cl)ccc2n1C(=O)OC(C)(C)C.Cc1ccc(S(=O)(=O)n2c(C(=O)N(C)C)c(C(=O)CBr)c3cc(Cl)ccc32)cc1. The Kier molecular flexibility index (Phi) is 13.5. The second-order valence-electron chi connectivity index (χ2n) is 13.7. The number of halogens is 4. The quantitative estimate of drug-likeness (QED) is 0.111. The lowest BCUT2D eigenvalue weighted by atomic mass is 10.1. The smallest absolute Gasteiger partial charge is 0.419 e. The van der Waals surface area contributed by atoms with E-state index in [-0.39, 0.29) is 49.4 Å². The third-order valence-electron chi connectivity index (χ3n) is 7.97. The number of rotatable bonds is 8. The van der Waals surface area contributed by atoms with Crippen LogP contribution in [0.2, 0.25) is 10.0 Å². The van der Waals surface area contributed by atoms with Gasteiger partial charge in [0.05, 0.1) is 37.7 Å². The van der Waals surface area contributed by atoms with Crippen molar-refractivity contribution in [3.8, 4) is 0 Å². The second kappa shape index (κ2) is 17.0. The maximum Gasteiger partial charge on any atom is 0.419 e. The molecular formula is C38H38Br2Cl2N4O8S. The zero-order valence-corrected chi connectivity index (χ0v) is 36.7. The molecule has 292 valence electrons. The highest BCUT2D eigenvalue weighted by Gasteiger charge is 2.35. The lowest BCUT2D eigenvalue weighted by molar-refractivity contribution is 0.0528. The topological polar surface area (TPSA) is 145 Å². The van der Waals surface area contributed by atoms with Gasteiger partial charge in [0.25, 0.3) is 21.8 Å². The molecule has 12 nitrogen and oxygen atoms in total. The number of carbonyl (C=O) groups excluding carboxylic acids is 5. The van der Waals surface area contributed by atoms with Gasteiger partial charge in [-0.05, 0) is 76.2 Å². The number of alkyl halides is 2. The summed E-state index contributed by atoms with van der Waals surface area (Å²) in [6, 6.07) is 15.6. The van der Waals surface area contributed by atoms with Crippen LogP contribution in [0.5, 0.6) is 0 Å². The van der Waals surface area contributed by atoms with E-state index >= 15 is 0 Å². The van der Waals surface area contributed by atoms with Gasteiger partial charge in [0.2, 0.25) is 0 Å². The predicted octanol–water partition coefficient (Wildman–Crippen LogP) is 8.48. The van der Waals surface area contributed by atoms with Crippen molar-refractivity contribution >= 4 is 116 Å². The average Bonchev–Trinajstić information content (AvgIpc) is 3.63. The molecule has 0 aliphatic carbocycles. The number of hydrogen-bond donors (Lipinski definition) is 0. The maximum atomic E-state index is 13.6. The third kappa shape index (κ3) is 9.01. The zero-order valence-electron chi connectivity index (χ0n) is 31.2. The van der Waals surface area contributed by atoms with Gasteiger partial charge in [-0.1, -0.05) is 72.8 Å². The molecule has 0 aliphatic heterocycles. The first-order chi connectivity index (χ1) is 25.6. The summed E-state index contributed by atoms with van der Waals surface area (Å²) < 4.78 is 34.7. The van der Waals surface area contributed by atoms with E-state index < -0.39 is 39.3 Å². The van der Waals surface area contributed by atoms with Gasteiger partial charge in [-0.15, -0.1) is 0 Å². The minimum atomic E-state index is -4.17. The number of aromatic nitrogens is 2. The number of amides is 2. The fraction of sp³-hybridized carbons (Fsp3) is 0.289. The number of ketones is 2. The van der Waals surface area contributed by atoms with Gasteiger partial charge in [0.1, 0.15) is 17.0 Å². The summed E-state index contributed by atoms with van der Waals surface area (Å²) in [4.78, 5) is 66.6. The minimum Gasteiger partial charge on any atom is -0.443 e. The number of Topliss-reactive ketones (excluding diaryl/α,β-unsaturated/α-hetero) is 2. The lowest BCUT2D eigenvalue weighted by Gasteiger charge is -2.21. The van der Waals surface area contributed by atoms with Crippen molar-refractivity contribution in [1.82, 2.24) is 18.3 Å². The van der Waals surface area contributed by atoms with Crippen LogP contribution < -0.4 is 0 Å². The summed E-state index contributed by atoms with van der Waals surface area (Å²) in [5.74, 6) is -1.82. The molecule has 2 amide bonds. The molecule has 5 aromatic rings. The largest absolute Gasteiger partial charge is 0.443 e. The molecule has 0 saturated heterocycles. The molecule has 3 aromatic carbocycles. The number of nitrogens with zero attached hydrogens (tertiary/aromatic N) is 4. The van der Waals surface area contributed by atoms with Gasteiger partial charge < -0.3 is 14.5 Å². The summed E-state index contributed by atoms with van der Waals surface area (Å²) in [5.41, 5.74) is 0.648. The first kappa shape index (κ1) is 43.7. The van der Waals surface area contributed by atoms with Crippen LogP contribution >= 0.6 is 55.1 Å². The number of benzene rings is 3. The standard InChI is InChI=1S/C20H18BrClN2O4S.C18H20BrClN2O4/c1-12-4-7-14(8-5-12)29(27,28)24-16-9-6-13(22)10-15(16)18(17(25)11-21)19(24)20(26)23(2)3;1-18(2,3)26-17(25)22-12-7-6-10(20)8-11(12)14(13(23)9-19)15(22)16(24)21(4)5/h4-10H,11H2,1-3H3;6-8H,9H2,1-5H3. The molecule has 0 bridgehead atoms. The summed E-state index contributed by atoms with van der Waals surface area (Å²) in [5, 5.41) is 1.39. The Balaban J connectivity index is 0.000000246. The second-order valence-corrected chi connectivity index (χ2v) is 17.5. The highest BCUT2D eigenvalue weighted by Crippen LogP contribution is 2.34. The Hall–Kier alpha value is -4.02. The maximum absolute atomic E-state index is 13.6.